The first-order valence-corrected chi connectivity index (χ1v) is 9.83. The van der Waals surface area contributed by atoms with Crippen molar-refractivity contribution >= 4 is 17.8 Å². The lowest BCUT2D eigenvalue weighted by Gasteiger charge is -2.56. The van der Waals surface area contributed by atoms with Gasteiger partial charge in [-0.25, -0.2) is 4.79 Å². The van der Waals surface area contributed by atoms with E-state index in [4.69, 9.17) is 0 Å². The molecule has 0 saturated heterocycles. The van der Waals surface area contributed by atoms with E-state index in [1.165, 1.54) is 24.2 Å². The maximum atomic E-state index is 12.5. The number of carbonyl (C=O) groups excluding carboxylic acids is 3. The lowest BCUT2D eigenvalue weighted by atomic mass is 9.53. The van der Waals surface area contributed by atoms with Crippen LogP contribution in [-0.2, 0) is 9.59 Å². The van der Waals surface area contributed by atoms with Crippen molar-refractivity contribution in [3.63, 3.8) is 0 Å². The van der Waals surface area contributed by atoms with Crippen LogP contribution in [0.4, 0.5) is 4.79 Å². The molecule has 1 unspecified atom stereocenters. The van der Waals surface area contributed by atoms with Gasteiger partial charge in [-0.15, -0.1) is 0 Å². The molecule has 4 saturated carbocycles. The molecule has 4 aliphatic rings. The van der Waals surface area contributed by atoms with Gasteiger partial charge in [0.25, 0.3) is 11.8 Å². The first kappa shape index (κ1) is 19.1. The Hall–Kier alpha value is -1.63. The largest absolute Gasteiger partial charge is 0.344 e. The van der Waals surface area contributed by atoms with Gasteiger partial charge in [-0.3, -0.25) is 14.9 Å². The molecule has 0 aromatic rings. The molecule has 26 heavy (non-hydrogen) atoms. The molecule has 4 aliphatic carbocycles. The maximum Gasteiger partial charge on any atom is 0.322 e. The van der Waals surface area contributed by atoms with E-state index in [1.807, 2.05) is 0 Å². The van der Waals surface area contributed by atoms with Gasteiger partial charge in [-0.05, 0) is 63.2 Å². The lowest BCUT2D eigenvalue weighted by molar-refractivity contribution is -0.886. The normalized spacial score (nSPS) is 34.1. The number of hydrogen-bond donors (Lipinski definition) is 3. The monoisotopic (exact) mass is 365 g/mol. The van der Waals surface area contributed by atoms with Crippen LogP contribution in [0.15, 0.2) is 0 Å². The number of urea groups is 1. The number of carbonyl (C=O) groups is 3. The lowest BCUT2D eigenvalue weighted by Crippen LogP contribution is -3.15. The summed E-state index contributed by atoms with van der Waals surface area (Å²) in [6.07, 6.45) is 7.10. The van der Waals surface area contributed by atoms with Crippen LogP contribution in [0.1, 0.15) is 45.4 Å². The first-order valence-electron chi connectivity index (χ1n) is 9.83. The highest BCUT2D eigenvalue weighted by Crippen LogP contribution is 2.55. The van der Waals surface area contributed by atoms with E-state index >= 15 is 0 Å². The minimum Gasteiger partial charge on any atom is -0.344 e. The number of rotatable bonds is 5. The van der Waals surface area contributed by atoms with E-state index in [2.05, 4.69) is 10.6 Å². The van der Waals surface area contributed by atoms with E-state index in [0.717, 1.165) is 41.9 Å². The first-order chi connectivity index (χ1) is 12.2. The summed E-state index contributed by atoms with van der Waals surface area (Å²) in [7, 11) is 5.18. The van der Waals surface area contributed by atoms with Gasteiger partial charge in [0, 0.05) is 19.6 Å². The zero-order chi connectivity index (χ0) is 19.1. The van der Waals surface area contributed by atoms with Crippen molar-refractivity contribution in [2.24, 2.45) is 17.8 Å². The molecule has 0 heterocycles. The van der Waals surface area contributed by atoms with Crippen LogP contribution in [0.2, 0.25) is 0 Å². The second-order valence-electron chi connectivity index (χ2n) is 9.17. The summed E-state index contributed by atoms with van der Waals surface area (Å²) < 4.78 is 0. The topological polar surface area (TPSA) is 83.0 Å². The molecule has 7 nitrogen and oxygen atoms in total. The number of likely N-dealkylation sites (N-methyl/N-ethyl adjacent to an activating group) is 2. The molecule has 4 fully saturated rings. The molecule has 0 aliphatic heterocycles. The second-order valence-corrected chi connectivity index (χ2v) is 9.17. The zero-order valence-corrected chi connectivity index (χ0v) is 16.4. The molecule has 4 rings (SSSR count). The van der Waals surface area contributed by atoms with Gasteiger partial charge in [0.1, 0.15) is 0 Å². The third kappa shape index (κ3) is 4.03. The van der Waals surface area contributed by atoms with Crippen LogP contribution in [0.25, 0.3) is 0 Å². The van der Waals surface area contributed by atoms with Crippen molar-refractivity contribution in [2.75, 3.05) is 27.7 Å². The minimum absolute atomic E-state index is 0.0415. The maximum absolute atomic E-state index is 12.5. The average molecular weight is 365 g/mol. The van der Waals surface area contributed by atoms with E-state index < -0.39 is 6.04 Å². The molecule has 3 N–H and O–H groups in total. The summed E-state index contributed by atoms with van der Waals surface area (Å²) in [6, 6.07) is -0.850. The Bertz CT molecular complexity index is 554. The Morgan fingerprint density at radius 1 is 1.08 bits per heavy atom. The van der Waals surface area contributed by atoms with E-state index in [1.54, 1.807) is 28.1 Å². The molecule has 146 valence electrons. The summed E-state index contributed by atoms with van der Waals surface area (Å²) >= 11 is 0. The number of amides is 4. The smallest absolute Gasteiger partial charge is 0.322 e. The van der Waals surface area contributed by atoms with Crippen molar-refractivity contribution < 1.29 is 19.3 Å². The Morgan fingerprint density at radius 3 is 2.04 bits per heavy atom. The predicted octanol–water partition coefficient (Wildman–Crippen LogP) is -0.228. The molecule has 0 radical (unpaired) electrons. The van der Waals surface area contributed by atoms with Crippen LogP contribution in [0.5, 0.6) is 0 Å². The molecular formula is C19H33N4O3+. The molecule has 7 heteroatoms. The highest BCUT2D eigenvalue weighted by atomic mass is 16.2. The fraction of sp³-hybridized carbons (Fsp3) is 0.842. The van der Waals surface area contributed by atoms with Gasteiger partial charge in [-0.1, -0.05) is 0 Å². The van der Waals surface area contributed by atoms with Crippen LogP contribution in [-0.4, -0.2) is 62.0 Å². The summed E-state index contributed by atoms with van der Waals surface area (Å²) in [5.74, 6) is 1.84. The summed E-state index contributed by atoms with van der Waals surface area (Å²) in [5, 5.41) is 5.66. The number of nitrogens with zero attached hydrogens (tertiary/aromatic N) is 1. The Balaban J connectivity index is 1.51. The Labute approximate surface area is 155 Å². The van der Waals surface area contributed by atoms with Crippen molar-refractivity contribution in [1.82, 2.24) is 15.5 Å². The molecule has 0 aromatic carbocycles. The van der Waals surface area contributed by atoms with E-state index in [0.29, 0.717) is 0 Å². The van der Waals surface area contributed by atoms with Crippen LogP contribution in [0, 0.1) is 17.8 Å². The molecule has 4 amide bonds. The van der Waals surface area contributed by atoms with Crippen molar-refractivity contribution in [3.05, 3.63) is 0 Å². The van der Waals surface area contributed by atoms with Crippen molar-refractivity contribution in [3.8, 4) is 0 Å². The Morgan fingerprint density at radius 2 is 1.58 bits per heavy atom. The SMILES string of the molecule is C[C@@H](C(=O)NC(=O)NC12CC3CC(CC(C3)C1)C2)[NH+](C)CC(=O)N(C)C. The highest BCUT2D eigenvalue weighted by Gasteiger charge is 2.51. The number of quaternary nitrogens is 1. The fourth-order valence-electron chi connectivity index (χ4n) is 5.53. The fourth-order valence-corrected chi connectivity index (χ4v) is 5.53. The van der Waals surface area contributed by atoms with Gasteiger partial charge in [0.05, 0.1) is 7.05 Å². The Kier molecular flexibility index (Phi) is 5.28. The van der Waals surface area contributed by atoms with Crippen LogP contribution in [0.3, 0.4) is 0 Å². The van der Waals surface area contributed by atoms with Gasteiger partial charge < -0.3 is 15.1 Å². The summed E-state index contributed by atoms with van der Waals surface area (Å²) in [5.41, 5.74) is -0.109. The van der Waals surface area contributed by atoms with E-state index in [-0.39, 0.29) is 29.9 Å². The third-order valence-electron chi connectivity index (χ3n) is 6.72. The molecule has 4 bridgehead atoms. The standard InChI is InChI=1S/C19H32N4O3/c1-12(23(4)11-16(24)22(2)3)17(25)20-18(26)21-19-8-13-5-14(9-19)7-15(6-13)10-19/h12-15H,5-11H2,1-4H3,(H2,20,21,25,26)/p+1/t12-,13?,14?,15?,19?/m0/s1. The summed E-state index contributed by atoms with van der Waals surface area (Å²) in [6.45, 7) is 1.96. The van der Waals surface area contributed by atoms with Gasteiger partial charge >= 0.3 is 6.03 Å². The molecule has 0 aromatic heterocycles. The second kappa shape index (κ2) is 7.18. The number of imide groups is 1. The molecule has 0 spiro atoms. The average Bonchev–Trinajstić information content (AvgIpc) is 2.51. The highest BCUT2D eigenvalue weighted by molar-refractivity contribution is 5.96. The van der Waals surface area contributed by atoms with Gasteiger partial charge in [0.15, 0.2) is 12.6 Å². The third-order valence-corrected chi connectivity index (χ3v) is 6.72. The van der Waals surface area contributed by atoms with E-state index in [9.17, 15) is 14.4 Å². The quantitative estimate of drug-likeness (QED) is 0.630. The van der Waals surface area contributed by atoms with Gasteiger partial charge in [-0.2, -0.15) is 0 Å². The van der Waals surface area contributed by atoms with Crippen molar-refractivity contribution in [1.29, 1.82) is 0 Å². The van der Waals surface area contributed by atoms with Crippen LogP contribution < -0.4 is 15.5 Å². The van der Waals surface area contributed by atoms with Crippen LogP contribution >= 0.6 is 0 Å². The van der Waals surface area contributed by atoms with Crippen molar-refractivity contribution in [2.45, 2.75) is 57.0 Å². The molecule has 2 atom stereocenters. The van der Waals surface area contributed by atoms with Gasteiger partial charge in [0.2, 0.25) is 0 Å². The summed E-state index contributed by atoms with van der Waals surface area (Å²) in [4.78, 5) is 39.0. The number of nitrogens with one attached hydrogen (secondary N) is 3. The number of hydrogen-bond acceptors (Lipinski definition) is 3. The zero-order valence-electron chi connectivity index (χ0n) is 16.4. The minimum atomic E-state index is -0.471. The molecular weight excluding hydrogens is 332 g/mol. The predicted molar refractivity (Wildman–Crippen MR) is 97.5 cm³/mol.